The van der Waals surface area contributed by atoms with Crippen molar-refractivity contribution in [3.63, 3.8) is 0 Å². The van der Waals surface area contributed by atoms with Gasteiger partial charge in [0.15, 0.2) is 0 Å². The van der Waals surface area contributed by atoms with Crippen molar-refractivity contribution in [2.45, 2.75) is 31.0 Å². The first-order valence-electron chi connectivity index (χ1n) is 6.80. The third-order valence-electron chi connectivity index (χ3n) is 4.36. The fraction of sp³-hybridized carbons (Fsp3) is 0.500. The van der Waals surface area contributed by atoms with Crippen LogP contribution in [0.5, 0.6) is 0 Å². The summed E-state index contributed by atoms with van der Waals surface area (Å²) in [4.78, 5) is 4.39. The summed E-state index contributed by atoms with van der Waals surface area (Å²) in [7, 11) is 0. The maximum atomic E-state index is 6.25. The Morgan fingerprint density at radius 1 is 1.37 bits per heavy atom. The molecule has 3 heterocycles. The first kappa shape index (κ1) is 11.3. The zero-order chi connectivity index (χ0) is 12.8. The second-order valence-electron chi connectivity index (χ2n) is 5.38. The predicted octanol–water partition coefficient (Wildman–Crippen LogP) is 1.74. The van der Waals surface area contributed by atoms with Gasteiger partial charge in [-0.05, 0) is 25.0 Å². The standard InChI is InChI=1S/C14H17N3O2/c15-11-9-2-1-6-19-13(9)12(11)17-14-8-4-7-18-10(8)3-5-16-14/h3-5,7,9,11-13H,1-2,6,15H2,(H,16,17). The van der Waals surface area contributed by atoms with E-state index in [1.807, 2.05) is 12.1 Å². The van der Waals surface area contributed by atoms with Gasteiger partial charge in [0.2, 0.25) is 0 Å². The monoisotopic (exact) mass is 259 g/mol. The zero-order valence-corrected chi connectivity index (χ0v) is 10.6. The molecular weight excluding hydrogens is 242 g/mol. The molecule has 0 aromatic carbocycles. The molecule has 5 nitrogen and oxygen atoms in total. The summed E-state index contributed by atoms with van der Waals surface area (Å²) < 4.78 is 11.2. The Morgan fingerprint density at radius 3 is 3.26 bits per heavy atom. The Kier molecular flexibility index (Phi) is 2.50. The molecule has 2 aliphatic rings. The van der Waals surface area contributed by atoms with Crippen LogP contribution in [0.2, 0.25) is 0 Å². The van der Waals surface area contributed by atoms with Gasteiger partial charge in [0, 0.05) is 24.8 Å². The van der Waals surface area contributed by atoms with Crippen LogP contribution in [-0.2, 0) is 4.74 Å². The minimum Gasteiger partial charge on any atom is -0.464 e. The average molecular weight is 259 g/mol. The maximum Gasteiger partial charge on any atom is 0.139 e. The third kappa shape index (κ3) is 1.65. The molecular formula is C14H17N3O2. The highest BCUT2D eigenvalue weighted by Crippen LogP contribution is 2.39. The number of nitrogens with one attached hydrogen (secondary N) is 1. The molecule has 5 heteroatoms. The van der Waals surface area contributed by atoms with Crippen LogP contribution < -0.4 is 11.1 Å². The van der Waals surface area contributed by atoms with Gasteiger partial charge in [0.05, 0.1) is 23.8 Å². The van der Waals surface area contributed by atoms with E-state index < -0.39 is 0 Å². The van der Waals surface area contributed by atoms with Crippen molar-refractivity contribution >= 4 is 16.8 Å². The van der Waals surface area contributed by atoms with Gasteiger partial charge in [-0.1, -0.05) is 0 Å². The number of ether oxygens (including phenoxy) is 1. The molecule has 4 unspecified atom stereocenters. The summed E-state index contributed by atoms with van der Waals surface area (Å²) in [5, 5.41) is 4.43. The average Bonchev–Trinajstić information content (AvgIpc) is 2.93. The summed E-state index contributed by atoms with van der Waals surface area (Å²) in [5.41, 5.74) is 7.09. The predicted molar refractivity (Wildman–Crippen MR) is 71.9 cm³/mol. The van der Waals surface area contributed by atoms with Crippen LogP contribution in [0.25, 0.3) is 11.0 Å². The number of fused-ring (bicyclic) bond motifs is 2. The summed E-state index contributed by atoms with van der Waals surface area (Å²) in [6, 6.07) is 4.09. The molecule has 1 aliphatic heterocycles. The Bertz CT molecular complexity index is 597. The van der Waals surface area contributed by atoms with Crippen LogP contribution in [-0.4, -0.2) is 29.8 Å². The maximum absolute atomic E-state index is 6.25. The van der Waals surface area contributed by atoms with Crippen LogP contribution in [0.4, 0.5) is 5.82 Å². The number of rotatable bonds is 2. The van der Waals surface area contributed by atoms with Gasteiger partial charge in [0.25, 0.3) is 0 Å². The van der Waals surface area contributed by atoms with Crippen molar-refractivity contribution in [2.75, 3.05) is 11.9 Å². The van der Waals surface area contributed by atoms with E-state index in [4.69, 9.17) is 14.9 Å². The second-order valence-corrected chi connectivity index (χ2v) is 5.38. The summed E-state index contributed by atoms with van der Waals surface area (Å²) >= 11 is 0. The molecule has 0 amide bonds. The van der Waals surface area contributed by atoms with E-state index in [1.54, 1.807) is 12.5 Å². The molecule has 4 rings (SSSR count). The Hall–Kier alpha value is -1.59. The van der Waals surface area contributed by atoms with E-state index >= 15 is 0 Å². The summed E-state index contributed by atoms with van der Waals surface area (Å²) in [6.07, 6.45) is 5.95. The lowest BCUT2D eigenvalue weighted by Gasteiger charge is -2.52. The smallest absolute Gasteiger partial charge is 0.139 e. The number of hydrogen-bond donors (Lipinski definition) is 2. The topological polar surface area (TPSA) is 73.3 Å². The van der Waals surface area contributed by atoms with E-state index in [-0.39, 0.29) is 18.2 Å². The fourth-order valence-corrected chi connectivity index (χ4v) is 3.29. The number of aromatic nitrogens is 1. The highest BCUT2D eigenvalue weighted by atomic mass is 16.5. The van der Waals surface area contributed by atoms with E-state index in [1.165, 1.54) is 6.42 Å². The Balaban J connectivity index is 1.60. The first-order chi connectivity index (χ1) is 9.34. The fourth-order valence-electron chi connectivity index (χ4n) is 3.29. The van der Waals surface area contributed by atoms with Gasteiger partial charge < -0.3 is 20.2 Å². The van der Waals surface area contributed by atoms with Crippen LogP contribution in [0.15, 0.2) is 29.0 Å². The van der Waals surface area contributed by atoms with Gasteiger partial charge in [-0.25, -0.2) is 4.98 Å². The van der Waals surface area contributed by atoms with Gasteiger partial charge in [-0.2, -0.15) is 0 Å². The number of nitrogens with two attached hydrogens (primary N) is 1. The lowest BCUT2D eigenvalue weighted by Crippen LogP contribution is -2.69. The highest BCUT2D eigenvalue weighted by Gasteiger charge is 2.50. The van der Waals surface area contributed by atoms with Crippen molar-refractivity contribution in [1.29, 1.82) is 0 Å². The SMILES string of the molecule is NC1C2CCCOC2C1Nc1nccc2occc12. The van der Waals surface area contributed by atoms with E-state index in [9.17, 15) is 0 Å². The zero-order valence-electron chi connectivity index (χ0n) is 10.6. The normalized spacial score (nSPS) is 33.7. The van der Waals surface area contributed by atoms with Crippen molar-refractivity contribution in [3.8, 4) is 0 Å². The van der Waals surface area contributed by atoms with Crippen LogP contribution in [0.1, 0.15) is 12.8 Å². The third-order valence-corrected chi connectivity index (χ3v) is 4.36. The molecule has 1 saturated carbocycles. The van der Waals surface area contributed by atoms with Crippen LogP contribution >= 0.6 is 0 Å². The molecule has 0 bridgehead atoms. The number of anilines is 1. The van der Waals surface area contributed by atoms with Gasteiger partial charge >= 0.3 is 0 Å². The minimum absolute atomic E-state index is 0.147. The van der Waals surface area contributed by atoms with Crippen molar-refractivity contribution in [2.24, 2.45) is 11.7 Å². The quantitative estimate of drug-likeness (QED) is 0.859. The van der Waals surface area contributed by atoms with Gasteiger partial charge in [-0.15, -0.1) is 0 Å². The van der Waals surface area contributed by atoms with Crippen molar-refractivity contribution in [3.05, 3.63) is 24.6 Å². The molecule has 3 N–H and O–H groups in total. The molecule has 2 aromatic rings. The van der Waals surface area contributed by atoms with Crippen LogP contribution in [0, 0.1) is 5.92 Å². The number of nitrogens with zero attached hydrogens (tertiary/aromatic N) is 1. The molecule has 0 spiro atoms. The largest absolute Gasteiger partial charge is 0.464 e. The number of pyridine rings is 1. The van der Waals surface area contributed by atoms with E-state index in [0.29, 0.717) is 5.92 Å². The molecule has 2 aromatic heterocycles. The van der Waals surface area contributed by atoms with Crippen LogP contribution in [0.3, 0.4) is 0 Å². The number of hydrogen-bond acceptors (Lipinski definition) is 5. The van der Waals surface area contributed by atoms with Gasteiger partial charge in [0.1, 0.15) is 11.4 Å². The number of furan rings is 1. The van der Waals surface area contributed by atoms with E-state index in [2.05, 4.69) is 10.3 Å². The summed E-state index contributed by atoms with van der Waals surface area (Å²) in [6.45, 7) is 0.843. The molecule has 100 valence electrons. The van der Waals surface area contributed by atoms with E-state index in [0.717, 1.165) is 29.8 Å². The van der Waals surface area contributed by atoms with Gasteiger partial charge in [-0.3, -0.25) is 0 Å². The first-order valence-corrected chi connectivity index (χ1v) is 6.80. The molecule has 1 aliphatic carbocycles. The molecule has 19 heavy (non-hydrogen) atoms. The molecule has 2 fully saturated rings. The molecule has 0 radical (unpaired) electrons. The molecule has 1 saturated heterocycles. The lowest BCUT2D eigenvalue weighted by atomic mass is 9.68. The minimum atomic E-state index is 0.147. The van der Waals surface area contributed by atoms with Crippen molar-refractivity contribution < 1.29 is 9.15 Å². The summed E-state index contributed by atoms with van der Waals surface area (Å²) in [5.74, 6) is 1.33. The Morgan fingerprint density at radius 2 is 2.32 bits per heavy atom. The van der Waals surface area contributed by atoms with Crippen molar-refractivity contribution in [1.82, 2.24) is 4.98 Å². The lowest BCUT2D eigenvalue weighted by molar-refractivity contribution is -0.104. The highest BCUT2D eigenvalue weighted by molar-refractivity contribution is 5.88. The second kappa shape index (κ2) is 4.21. The Labute approximate surface area is 111 Å². The molecule has 4 atom stereocenters.